The van der Waals surface area contributed by atoms with Crippen molar-refractivity contribution < 1.29 is 4.92 Å². The minimum absolute atomic E-state index is 0.102. The highest BCUT2D eigenvalue weighted by atomic mass is 16.6. The fourth-order valence-electron chi connectivity index (χ4n) is 2.83. The quantitative estimate of drug-likeness (QED) is 0.667. The van der Waals surface area contributed by atoms with Gasteiger partial charge in [-0.2, -0.15) is 0 Å². The third-order valence-electron chi connectivity index (χ3n) is 4.03. The number of non-ortho nitro benzene ring substituents is 1. The molecule has 2 heterocycles. The summed E-state index contributed by atoms with van der Waals surface area (Å²) in [7, 11) is 0. The molecule has 6 nitrogen and oxygen atoms in total. The SMILES string of the molecule is O=[N+]([O-])c1ccc(NCC2CCNCC2)c2ccncc12. The van der Waals surface area contributed by atoms with Crippen LogP contribution >= 0.6 is 0 Å². The van der Waals surface area contributed by atoms with Crippen LogP contribution in [-0.2, 0) is 0 Å². The maximum absolute atomic E-state index is 11.1. The van der Waals surface area contributed by atoms with E-state index in [0.717, 1.165) is 30.7 Å². The molecule has 0 spiro atoms. The van der Waals surface area contributed by atoms with E-state index in [1.807, 2.05) is 6.07 Å². The van der Waals surface area contributed by atoms with Gasteiger partial charge >= 0.3 is 0 Å². The molecule has 0 amide bonds. The molecule has 0 unspecified atom stereocenters. The number of anilines is 1. The Kier molecular flexibility index (Phi) is 3.96. The zero-order valence-corrected chi connectivity index (χ0v) is 11.7. The molecule has 1 aliphatic rings. The van der Waals surface area contributed by atoms with Crippen LogP contribution in [0.1, 0.15) is 12.8 Å². The molecule has 0 radical (unpaired) electrons. The number of nitrogens with zero attached hydrogens (tertiary/aromatic N) is 2. The van der Waals surface area contributed by atoms with E-state index in [1.165, 1.54) is 12.8 Å². The second-order valence-electron chi connectivity index (χ2n) is 5.38. The molecule has 3 rings (SSSR count). The fourth-order valence-corrected chi connectivity index (χ4v) is 2.83. The largest absolute Gasteiger partial charge is 0.384 e. The lowest BCUT2D eigenvalue weighted by molar-refractivity contribution is -0.383. The summed E-state index contributed by atoms with van der Waals surface area (Å²) in [6.45, 7) is 3.03. The third kappa shape index (κ3) is 2.95. The Hall–Kier alpha value is -2.21. The second-order valence-corrected chi connectivity index (χ2v) is 5.38. The van der Waals surface area contributed by atoms with E-state index in [1.54, 1.807) is 24.5 Å². The van der Waals surface area contributed by atoms with E-state index < -0.39 is 0 Å². The summed E-state index contributed by atoms with van der Waals surface area (Å²) in [4.78, 5) is 14.7. The summed E-state index contributed by atoms with van der Waals surface area (Å²) >= 11 is 0. The molecule has 0 aliphatic carbocycles. The first-order valence-corrected chi connectivity index (χ1v) is 7.21. The summed E-state index contributed by atoms with van der Waals surface area (Å²) in [5.74, 6) is 0.651. The number of pyridine rings is 1. The van der Waals surface area contributed by atoms with Gasteiger partial charge in [0.25, 0.3) is 5.69 Å². The molecule has 2 aromatic rings. The predicted molar refractivity (Wildman–Crippen MR) is 82.5 cm³/mol. The highest BCUT2D eigenvalue weighted by Crippen LogP contribution is 2.31. The first-order valence-electron chi connectivity index (χ1n) is 7.21. The maximum atomic E-state index is 11.1. The topological polar surface area (TPSA) is 80.1 Å². The van der Waals surface area contributed by atoms with E-state index in [0.29, 0.717) is 11.3 Å². The Balaban J connectivity index is 1.85. The average molecular weight is 286 g/mol. The first-order chi connectivity index (χ1) is 10.3. The molecule has 1 fully saturated rings. The molecule has 0 saturated carbocycles. The standard InChI is InChI=1S/C15H18N4O2/c20-19(21)15-2-1-14(12-5-8-17-10-13(12)15)18-9-11-3-6-16-7-4-11/h1-2,5,8,10-11,16,18H,3-4,6-7,9H2. The molecule has 1 saturated heterocycles. The van der Waals surface area contributed by atoms with Crippen molar-refractivity contribution in [2.75, 3.05) is 25.0 Å². The highest BCUT2D eigenvalue weighted by molar-refractivity contribution is 5.99. The molecule has 1 aliphatic heterocycles. The van der Waals surface area contributed by atoms with Gasteiger partial charge in [0.05, 0.1) is 10.3 Å². The number of hydrogen-bond donors (Lipinski definition) is 2. The zero-order valence-electron chi connectivity index (χ0n) is 11.7. The van der Waals surface area contributed by atoms with Crippen molar-refractivity contribution in [3.8, 4) is 0 Å². The molecule has 110 valence electrons. The Morgan fingerprint density at radius 1 is 1.29 bits per heavy atom. The lowest BCUT2D eigenvalue weighted by Crippen LogP contribution is -2.31. The molecular weight excluding hydrogens is 268 g/mol. The van der Waals surface area contributed by atoms with Gasteiger partial charge < -0.3 is 10.6 Å². The van der Waals surface area contributed by atoms with Crippen LogP contribution in [0.4, 0.5) is 11.4 Å². The monoisotopic (exact) mass is 286 g/mol. The van der Waals surface area contributed by atoms with Gasteiger partial charge in [-0.05, 0) is 44.0 Å². The molecule has 1 aromatic carbocycles. The van der Waals surface area contributed by atoms with Crippen molar-refractivity contribution in [2.24, 2.45) is 5.92 Å². The van der Waals surface area contributed by atoms with E-state index in [2.05, 4.69) is 15.6 Å². The van der Waals surface area contributed by atoms with Crippen molar-refractivity contribution in [3.63, 3.8) is 0 Å². The van der Waals surface area contributed by atoms with Crippen LogP contribution in [0.2, 0.25) is 0 Å². The second kappa shape index (κ2) is 6.05. The lowest BCUT2D eigenvalue weighted by Gasteiger charge is -2.23. The summed E-state index contributed by atoms with van der Waals surface area (Å²) in [6.07, 6.45) is 5.56. The van der Waals surface area contributed by atoms with Crippen LogP contribution in [0.15, 0.2) is 30.6 Å². The number of fused-ring (bicyclic) bond motifs is 1. The van der Waals surface area contributed by atoms with Crippen molar-refractivity contribution in [1.82, 2.24) is 10.3 Å². The van der Waals surface area contributed by atoms with Crippen molar-refractivity contribution in [3.05, 3.63) is 40.7 Å². The van der Waals surface area contributed by atoms with Crippen molar-refractivity contribution >= 4 is 22.1 Å². The van der Waals surface area contributed by atoms with E-state index in [-0.39, 0.29) is 10.6 Å². The molecular formula is C15H18N4O2. The number of nitro benzene ring substituents is 1. The Bertz CT molecular complexity index is 653. The molecule has 6 heteroatoms. The predicted octanol–water partition coefficient (Wildman–Crippen LogP) is 2.55. The zero-order chi connectivity index (χ0) is 14.7. The summed E-state index contributed by atoms with van der Waals surface area (Å²) < 4.78 is 0. The Morgan fingerprint density at radius 2 is 2.10 bits per heavy atom. The summed E-state index contributed by atoms with van der Waals surface area (Å²) in [6, 6.07) is 5.17. The van der Waals surface area contributed by atoms with Gasteiger partial charge in [-0.3, -0.25) is 15.1 Å². The van der Waals surface area contributed by atoms with Crippen molar-refractivity contribution in [2.45, 2.75) is 12.8 Å². The molecule has 0 bridgehead atoms. The van der Waals surface area contributed by atoms with Gasteiger partial charge in [-0.15, -0.1) is 0 Å². The van der Waals surface area contributed by atoms with Gasteiger partial charge in [-0.1, -0.05) is 0 Å². The van der Waals surface area contributed by atoms with Crippen LogP contribution in [0, 0.1) is 16.0 Å². The number of benzene rings is 1. The number of nitrogens with one attached hydrogen (secondary N) is 2. The van der Waals surface area contributed by atoms with Crippen LogP contribution in [0.25, 0.3) is 10.8 Å². The van der Waals surface area contributed by atoms with Gasteiger partial charge in [0, 0.05) is 36.1 Å². The van der Waals surface area contributed by atoms with Gasteiger partial charge in [0.15, 0.2) is 0 Å². The van der Waals surface area contributed by atoms with E-state index in [4.69, 9.17) is 0 Å². The number of rotatable bonds is 4. The van der Waals surface area contributed by atoms with Crippen molar-refractivity contribution in [1.29, 1.82) is 0 Å². The van der Waals surface area contributed by atoms with Crippen LogP contribution in [0.5, 0.6) is 0 Å². The Morgan fingerprint density at radius 3 is 2.86 bits per heavy atom. The third-order valence-corrected chi connectivity index (χ3v) is 4.03. The number of hydrogen-bond acceptors (Lipinski definition) is 5. The molecule has 1 aromatic heterocycles. The van der Waals surface area contributed by atoms with Gasteiger partial charge in [0.2, 0.25) is 0 Å². The minimum atomic E-state index is -0.361. The smallest absolute Gasteiger partial charge is 0.278 e. The summed E-state index contributed by atoms with van der Waals surface area (Å²) in [5.41, 5.74) is 1.04. The van der Waals surface area contributed by atoms with E-state index >= 15 is 0 Å². The van der Waals surface area contributed by atoms with E-state index in [9.17, 15) is 10.1 Å². The number of nitro groups is 1. The van der Waals surface area contributed by atoms with Crippen LogP contribution < -0.4 is 10.6 Å². The number of piperidine rings is 1. The Labute approximate surface area is 122 Å². The summed E-state index contributed by atoms with van der Waals surface area (Å²) in [5, 5.41) is 19.3. The highest BCUT2D eigenvalue weighted by Gasteiger charge is 2.16. The molecule has 21 heavy (non-hydrogen) atoms. The first kappa shape index (κ1) is 13.8. The normalized spacial score (nSPS) is 16.0. The molecule has 0 atom stereocenters. The van der Waals surface area contributed by atoms with Crippen LogP contribution in [-0.4, -0.2) is 29.5 Å². The molecule has 2 N–H and O–H groups in total. The number of aromatic nitrogens is 1. The lowest BCUT2D eigenvalue weighted by atomic mass is 9.98. The minimum Gasteiger partial charge on any atom is -0.384 e. The fraction of sp³-hybridized carbons (Fsp3) is 0.400. The van der Waals surface area contributed by atoms with Gasteiger partial charge in [0.1, 0.15) is 0 Å². The average Bonchev–Trinajstić information content (AvgIpc) is 2.53. The van der Waals surface area contributed by atoms with Crippen LogP contribution in [0.3, 0.4) is 0 Å². The van der Waals surface area contributed by atoms with Gasteiger partial charge in [-0.25, -0.2) is 0 Å². The maximum Gasteiger partial charge on any atom is 0.278 e.